The van der Waals surface area contributed by atoms with Crippen LogP contribution in [0.2, 0.25) is 0 Å². The first-order valence-corrected chi connectivity index (χ1v) is 8.68. The number of rotatable bonds is 5. The number of amides is 1. The van der Waals surface area contributed by atoms with E-state index in [1.54, 1.807) is 6.92 Å². The van der Waals surface area contributed by atoms with Crippen molar-refractivity contribution in [3.63, 3.8) is 0 Å². The third-order valence-electron chi connectivity index (χ3n) is 3.59. The van der Waals surface area contributed by atoms with Crippen molar-refractivity contribution >= 4 is 21.6 Å². The molecule has 0 bridgehead atoms. The molecule has 0 aliphatic carbocycles. The number of carbonyl (C=O) groups is 1. The lowest BCUT2D eigenvalue weighted by molar-refractivity contribution is -0.119. The Morgan fingerprint density at radius 2 is 2.09 bits per heavy atom. The molecule has 1 aliphatic rings. The molecule has 1 unspecified atom stereocenters. The molecule has 1 fully saturated rings. The normalized spacial score (nSPS) is 17.7. The number of anilines is 1. The number of hydrogen-bond acceptors (Lipinski definition) is 5. The summed E-state index contributed by atoms with van der Waals surface area (Å²) in [6, 6.07) is 3.46. The number of nitrogens with one attached hydrogen (secondary N) is 1. The monoisotopic (exact) mass is 345 g/mol. The van der Waals surface area contributed by atoms with Crippen LogP contribution in [-0.2, 0) is 19.6 Å². The van der Waals surface area contributed by atoms with E-state index in [-0.39, 0.29) is 44.4 Å². The van der Waals surface area contributed by atoms with E-state index in [0.717, 1.165) is 12.1 Å². The SMILES string of the molecule is CC(CN)C(=O)Nc1ccc(F)c(S(=O)(=O)N2CCOCC2)c1. The predicted octanol–water partition coefficient (Wildman–Crippen LogP) is 0.380. The van der Waals surface area contributed by atoms with E-state index in [0.29, 0.717) is 0 Å². The number of morpholine rings is 1. The summed E-state index contributed by atoms with van der Waals surface area (Å²) in [6.07, 6.45) is 0. The van der Waals surface area contributed by atoms with Gasteiger partial charge >= 0.3 is 0 Å². The van der Waals surface area contributed by atoms with Gasteiger partial charge in [-0.2, -0.15) is 4.31 Å². The summed E-state index contributed by atoms with van der Waals surface area (Å²) >= 11 is 0. The molecule has 1 aromatic rings. The van der Waals surface area contributed by atoms with Crippen LogP contribution in [0.1, 0.15) is 6.92 Å². The molecule has 1 atom stereocenters. The van der Waals surface area contributed by atoms with Crippen LogP contribution in [0.15, 0.2) is 23.1 Å². The molecule has 128 valence electrons. The highest BCUT2D eigenvalue weighted by Gasteiger charge is 2.29. The zero-order valence-corrected chi connectivity index (χ0v) is 13.6. The van der Waals surface area contributed by atoms with Crippen LogP contribution in [0.5, 0.6) is 0 Å². The first kappa shape index (κ1) is 17.8. The van der Waals surface area contributed by atoms with Gasteiger partial charge in [0.25, 0.3) is 0 Å². The average molecular weight is 345 g/mol. The Kier molecular flexibility index (Phi) is 5.69. The lowest BCUT2D eigenvalue weighted by Gasteiger charge is -2.26. The number of halogens is 1. The Morgan fingerprint density at radius 1 is 1.43 bits per heavy atom. The van der Waals surface area contributed by atoms with Crippen molar-refractivity contribution in [1.29, 1.82) is 0 Å². The van der Waals surface area contributed by atoms with Crippen molar-refractivity contribution in [2.75, 3.05) is 38.2 Å². The van der Waals surface area contributed by atoms with Crippen LogP contribution in [0.3, 0.4) is 0 Å². The Labute approximate surface area is 134 Å². The van der Waals surface area contributed by atoms with Crippen LogP contribution in [0.25, 0.3) is 0 Å². The summed E-state index contributed by atoms with van der Waals surface area (Å²) < 4.78 is 45.4. The third kappa shape index (κ3) is 4.05. The van der Waals surface area contributed by atoms with E-state index in [1.165, 1.54) is 10.4 Å². The van der Waals surface area contributed by atoms with Crippen LogP contribution in [0, 0.1) is 11.7 Å². The molecule has 2 rings (SSSR count). The fourth-order valence-electron chi connectivity index (χ4n) is 2.08. The van der Waals surface area contributed by atoms with E-state index in [1.807, 2.05) is 0 Å². The van der Waals surface area contributed by atoms with Crippen molar-refractivity contribution in [3.8, 4) is 0 Å². The van der Waals surface area contributed by atoms with E-state index >= 15 is 0 Å². The second-order valence-electron chi connectivity index (χ2n) is 5.29. The van der Waals surface area contributed by atoms with Gasteiger partial charge in [-0.15, -0.1) is 0 Å². The third-order valence-corrected chi connectivity index (χ3v) is 5.50. The van der Waals surface area contributed by atoms with Crippen LogP contribution < -0.4 is 11.1 Å². The predicted molar refractivity (Wildman–Crippen MR) is 82.8 cm³/mol. The zero-order chi connectivity index (χ0) is 17.0. The average Bonchev–Trinajstić information content (AvgIpc) is 2.56. The molecular formula is C14H20FN3O4S. The summed E-state index contributed by atoms with van der Waals surface area (Å²) in [5.74, 6) is -1.64. The fraction of sp³-hybridized carbons (Fsp3) is 0.500. The molecule has 1 saturated heterocycles. The van der Waals surface area contributed by atoms with Gasteiger partial charge < -0.3 is 15.8 Å². The van der Waals surface area contributed by atoms with Crippen LogP contribution in [-0.4, -0.2) is 51.5 Å². The molecule has 1 aliphatic heterocycles. The van der Waals surface area contributed by atoms with Gasteiger partial charge in [0.1, 0.15) is 10.7 Å². The summed E-state index contributed by atoms with van der Waals surface area (Å²) in [5, 5.41) is 2.54. The second-order valence-corrected chi connectivity index (χ2v) is 7.19. The van der Waals surface area contributed by atoms with Gasteiger partial charge in [0.2, 0.25) is 15.9 Å². The van der Waals surface area contributed by atoms with Crippen molar-refractivity contribution in [3.05, 3.63) is 24.0 Å². The van der Waals surface area contributed by atoms with Crippen molar-refractivity contribution in [1.82, 2.24) is 4.31 Å². The minimum atomic E-state index is -3.97. The van der Waals surface area contributed by atoms with Gasteiger partial charge in [0.05, 0.1) is 13.2 Å². The molecule has 0 spiro atoms. The summed E-state index contributed by atoms with van der Waals surface area (Å²) in [7, 11) is -3.97. The molecule has 1 amide bonds. The number of nitrogens with two attached hydrogens (primary N) is 1. The maximum atomic E-state index is 14.0. The Hall–Kier alpha value is -1.55. The van der Waals surface area contributed by atoms with E-state index in [9.17, 15) is 17.6 Å². The molecule has 3 N–H and O–H groups in total. The first-order chi connectivity index (χ1) is 10.9. The first-order valence-electron chi connectivity index (χ1n) is 7.24. The van der Waals surface area contributed by atoms with E-state index < -0.39 is 26.7 Å². The molecule has 0 aromatic heterocycles. The summed E-state index contributed by atoms with van der Waals surface area (Å²) in [5.41, 5.74) is 5.62. The fourth-order valence-corrected chi connectivity index (χ4v) is 3.58. The molecule has 7 nitrogen and oxygen atoms in total. The minimum absolute atomic E-state index is 0.159. The topological polar surface area (TPSA) is 102 Å². The molecular weight excluding hydrogens is 325 g/mol. The Morgan fingerprint density at radius 3 is 2.70 bits per heavy atom. The molecule has 0 radical (unpaired) electrons. The van der Waals surface area contributed by atoms with Gasteiger partial charge in [-0.3, -0.25) is 4.79 Å². The molecule has 1 aromatic carbocycles. The van der Waals surface area contributed by atoms with Crippen LogP contribution in [0.4, 0.5) is 10.1 Å². The maximum absolute atomic E-state index is 14.0. The smallest absolute Gasteiger partial charge is 0.246 e. The van der Waals surface area contributed by atoms with Gasteiger partial charge in [-0.05, 0) is 18.2 Å². The Balaban J connectivity index is 2.28. The minimum Gasteiger partial charge on any atom is -0.379 e. The highest BCUT2D eigenvalue weighted by atomic mass is 32.2. The highest BCUT2D eigenvalue weighted by molar-refractivity contribution is 7.89. The number of sulfonamides is 1. The largest absolute Gasteiger partial charge is 0.379 e. The quantitative estimate of drug-likeness (QED) is 0.803. The number of benzene rings is 1. The van der Waals surface area contributed by atoms with Gasteiger partial charge in [-0.1, -0.05) is 6.92 Å². The summed E-state index contributed by atoms with van der Waals surface area (Å²) in [6.45, 7) is 2.68. The van der Waals surface area contributed by atoms with Crippen molar-refractivity contribution in [2.45, 2.75) is 11.8 Å². The maximum Gasteiger partial charge on any atom is 0.246 e. The van der Waals surface area contributed by atoms with Crippen molar-refractivity contribution < 1.29 is 22.3 Å². The standard InChI is InChI=1S/C14H20FN3O4S/c1-10(9-16)14(19)17-11-2-3-12(15)13(8-11)23(20,21)18-4-6-22-7-5-18/h2-3,8,10H,4-7,9,16H2,1H3,(H,17,19). The number of hydrogen-bond donors (Lipinski definition) is 2. The van der Waals surface area contributed by atoms with Crippen molar-refractivity contribution in [2.24, 2.45) is 11.7 Å². The highest BCUT2D eigenvalue weighted by Crippen LogP contribution is 2.24. The van der Waals surface area contributed by atoms with E-state index in [4.69, 9.17) is 10.5 Å². The molecule has 23 heavy (non-hydrogen) atoms. The van der Waals surface area contributed by atoms with Gasteiger partial charge in [-0.25, -0.2) is 12.8 Å². The summed E-state index contributed by atoms with van der Waals surface area (Å²) in [4.78, 5) is 11.4. The molecule has 1 heterocycles. The second kappa shape index (κ2) is 7.35. The zero-order valence-electron chi connectivity index (χ0n) is 12.8. The molecule has 9 heteroatoms. The molecule has 0 saturated carbocycles. The lowest BCUT2D eigenvalue weighted by Crippen LogP contribution is -2.41. The van der Waals surface area contributed by atoms with Crippen LogP contribution >= 0.6 is 0 Å². The van der Waals surface area contributed by atoms with Gasteiger partial charge in [0.15, 0.2) is 0 Å². The van der Waals surface area contributed by atoms with E-state index in [2.05, 4.69) is 5.32 Å². The lowest BCUT2D eigenvalue weighted by atomic mass is 10.1. The number of nitrogens with zero attached hydrogens (tertiary/aromatic N) is 1. The number of carbonyl (C=O) groups excluding carboxylic acids is 1. The van der Waals surface area contributed by atoms with Gasteiger partial charge in [0, 0.05) is 31.2 Å². The number of ether oxygens (including phenoxy) is 1. The Bertz CT molecular complexity index is 675.